The second kappa shape index (κ2) is 8.78. The molecule has 0 saturated carbocycles. The third-order valence-corrected chi connectivity index (χ3v) is 4.69. The maximum absolute atomic E-state index is 12.9. The molecular formula is C19H25N3O3. The Morgan fingerprint density at radius 2 is 2.04 bits per heavy atom. The number of imidazole rings is 1. The van der Waals surface area contributed by atoms with Crippen LogP contribution >= 0.6 is 0 Å². The van der Waals surface area contributed by atoms with Crippen molar-refractivity contribution in [2.75, 3.05) is 33.0 Å². The third-order valence-electron chi connectivity index (χ3n) is 4.69. The van der Waals surface area contributed by atoms with Crippen LogP contribution in [0.3, 0.4) is 0 Å². The fourth-order valence-corrected chi connectivity index (χ4v) is 3.22. The summed E-state index contributed by atoms with van der Waals surface area (Å²) in [6.45, 7) is 3.61. The van der Waals surface area contributed by atoms with E-state index in [1.165, 1.54) is 0 Å². The van der Waals surface area contributed by atoms with Crippen molar-refractivity contribution in [2.24, 2.45) is 0 Å². The summed E-state index contributed by atoms with van der Waals surface area (Å²) >= 11 is 0. The van der Waals surface area contributed by atoms with Gasteiger partial charge < -0.3 is 19.4 Å². The van der Waals surface area contributed by atoms with Gasteiger partial charge in [-0.1, -0.05) is 30.3 Å². The summed E-state index contributed by atoms with van der Waals surface area (Å²) in [5.74, 6) is 0.0696. The highest BCUT2D eigenvalue weighted by Gasteiger charge is 2.41. The second-order valence-electron chi connectivity index (χ2n) is 6.23. The van der Waals surface area contributed by atoms with Gasteiger partial charge in [-0.3, -0.25) is 4.79 Å². The standard InChI is InChI=1S/C19H25N3O3/c23-18(21-9-14-25-15-11-22-10-8-20-16-22)19(6-12-24-13-7-19)17-4-2-1-3-5-17/h1-5,8,10,16H,6-7,9,11-15H2,(H,21,23). The molecule has 1 fully saturated rings. The lowest BCUT2D eigenvalue weighted by molar-refractivity contribution is -0.130. The Labute approximate surface area is 148 Å². The zero-order chi connectivity index (χ0) is 17.4. The fourth-order valence-electron chi connectivity index (χ4n) is 3.22. The molecular weight excluding hydrogens is 318 g/mol. The minimum Gasteiger partial charge on any atom is -0.381 e. The van der Waals surface area contributed by atoms with Crippen LogP contribution in [0.5, 0.6) is 0 Å². The molecule has 6 heteroatoms. The molecule has 1 amide bonds. The van der Waals surface area contributed by atoms with Gasteiger partial charge in [0.2, 0.25) is 5.91 Å². The Bertz CT molecular complexity index is 637. The van der Waals surface area contributed by atoms with Crippen LogP contribution in [0.1, 0.15) is 18.4 Å². The molecule has 1 N–H and O–H groups in total. The molecule has 2 aromatic rings. The van der Waals surface area contributed by atoms with Crippen molar-refractivity contribution >= 4 is 5.91 Å². The number of aromatic nitrogens is 2. The molecule has 3 rings (SSSR count). The topological polar surface area (TPSA) is 65.4 Å². The Kier molecular flexibility index (Phi) is 6.19. The maximum atomic E-state index is 12.9. The molecule has 25 heavy (non-hydrogen) atoms. The zero-order valence-electron chi connectivity index (χ0n) is 14.4. The predicted octanol–water partition coefficient (Wildman–Crippen LogP) is 1.76. The van der Waals surface area contributed by atoms with E-state index in [4.69, 9.17) is 9.47 Å². The molecule has 0 atom stereocenters. The molecule has 6 nitrogen and oxygen atoms in total. The lowest BCUT2D eigenvalue weighted by atomic mass is 9.73. The normalized spacial score (nSPS) is 16.5. The molecule has 0 radical (unpaired) electrons. The lowest BCUT2D eigenvalue weighted by Crippen LogP contribution is -2.48. The summed E-state index contributed by atoms with van der Waals surface area (Å²) in [5, 5.41) is 3.05. The SMILES string of the molecule is O=C(NCCOCCn1ccnc1)C1(c2ccccc2)CCOCC1. The lowest BCUT2D eigenvalue weighted by Gasteiger charge is -2.36. The summed E-state index contributed by atoms with van der Waals surface area (Å²) < 4.78 is 13.0. The van der Waals surface area contributed by atoms with Crippen molar-refractivity contribution in [1.82, 2.24) is 14.9 Å². The van der Waals surface area contributed by atoms with E-state index in [1.807, 2.05) is 41.1 Å². The summed E-state index contributed by atoms with van der Waals surface area (Å²) in [6, 6.07) is 10.0. The summed E-state index contributed by atoms with van der Waals surface area (Å²) in [7, 11) is 0. The Morgan fingerprint density at radius 1 is 1.24 bits per heavy atom. The Hall–Kier alpha value is -2.18. The molecule has 0 aliphatic carbocycles. The average Bonchev–Trinajstić information content (AvgIpc) is 3.19. The van der Waals surface area contributed by atoms with Gasteiger partial charge in [0.05, 0.1) is 25.0 Å². The molecule has 134 valence electrons. The average molecular weight is 343 g/mol. The molecule has 1 aromatic carbocycles. The van der Waals surface area contributed by atoms with Gasteiger partial charge >= 0.3 is 0 Å². The first kappa shape index (κ1) is 17.6. The van der Waals surface area contributed by atoms with Gasteiger partial charge in [-0.15, -0.1) is 0 Å². The van der Waals surface area contributed by atoms with Crippen LogP contribution in [0.25, 0.3) is 0 Å². The monoisotopic (exact) mass is 343 g/mol. The maximum Gasteiger partial charge on any atom is 0.230 e. The van der Waals surface area contributed by atoms with E-state index < -0.39 is 5.41 Å². The molecule has 0 bridgehead atoms. The highest BCUT2D eigenvalue weighted by molar-refractivity contribution is 5.88. The smallest absolute Gasteiger partial charge is 0.230 e. The van der Waals surface area contributed by atoms with Gasteiger partial charge in [0.15, 0.2) is 0 Å². The van der Waals surface area contributed by atoms with E-state index in [0.717, 1.165) is 12.1 Å². The van der Waals surface area contributed by atoms with E-state index in [2.05, 4.69) is 10.3 Å². The number of benzene rings is 1. The zero-order valence-corrected chi connectivity index (χ0v) is 14.4. The van der Waals surface area contributed by atoms with Crippen molar-refractivity contribution in [3.05, 3.63) is 54.6 Å². The van der Waals surface area contributed by atoms with Crippen molar-refractivity contribution in [3.8, 4) is 0 Å². The highest BCUT2D eigenvalue weighted by atomic mass is 16.5. The number of hydrogen-bond acceptors (Lipinski definition) is 4. The number of hydrogen-bond donors (Lipinski definition) is 1. The molecule has 1 aromatic heterocycles. The van der Waals surface area contributed by atoms with Gasteiger partial charge in [-0.25, -0.2) is 4.98 Å². The minimum absolute atomic E-state index is 0.0696. The van der Waals surface area contributed by atoms with E-state index >= 15 is 0 Å². The van der Waals surface area contributed by atoms with Gasteiger partial charge in [-0.05, 0) is 18.4 Å². The van der Waals surface area contributed by atoms with Crippen LogP contribution in [0.4, 0.5) is 0 Å². The Morgan fingerprint density at radius 3 is 2.76 bits per heavy atom. The van der Waals surface area contributed by atoms with E-state index in [-0.39, 0.29) is 5.91 Å². The highest BCUT2D eigenvalue weighted by Crippen LogP contribution is 2.34. The number of carbonyl (C=O) groups excluding carboxylic acids is 1. The summed E-state index contributed by atoms with van der Waals surface area (Å²) in [4.78, 5) is 16.9. The molecule has 1 aliphatic rings. The second-order valence-corrected chi connectivity index (χ2v) is 6.23. The van der Waals surface area contributed by atoms with E-state index in [9.17, 15) is 4.79 Å². The first-order valence-electron chi connectivity index (χ1n) is 8.76. The number of rotatable bonds is 8. The van der Waals surface area contributed by atoms with Crippen LogP contribution in [0, 0.1) is 0 Å². The molecule has 0 unspecified atom stereocenters. The van der Waals surface area contributed by atoms with E-state index in [1.54, 1.807) is 12.5 Å². The van der Waals surface area contributed by atoms with Crippen LogP contribution in [0.15, 0.2) is 49.1 Å². The van der Waals surface area contributed by atoms with Crippen molar-refractivity contribution in [1.29, 1.82) is 0 Å². The predicted molar refractivity (Wildman–Crippen MR) is 94.2 cm³/mol. The van der Waals surface area contributed by atoms with Gasteiger partial charge in [0.1, 0.15) is 0 Å². The quantitative estimate of drug-likeness (QED) is 0.742. The van der Waals surface area contributed by atoms with Crippen LogP contribution in [-0.2, 0) is 26.2 Å². The fraction of sp³-hybridized carbons (Fsp3) is 0.474. The van der Waals surface area contributed by atoms with Gasteiger partial charge in [0, 0.05) is 38.7 Å². The molecule has 2 heterocycles. The number of nitrogens with one attached hydrogen (secondary N) is 1. The van der Waals surface area contributed by atoms with Crippen LogP contribution in [-0.4, -0.2) is 48.4 Å². The summed E-state index contributed by atoms with van der Waals surface area (Å²) in [6.07, 6.45) is 6.84. The molecule has 0 spiro atoms. The van der Waals surface area contributed by atoms with E-state index in [0.29, 0.717) is 45.8 Å². The molecule has 1 saturated heterocycles. The molecule has 1 aliphatic heterocycles. The van der Waals surface area contributed by atoms with Gasteiger partial charge in [-0.2, -0.15) is 0 Å². The van der Waals surface area contributed by atoms with Gasteiger partial charge in [0.25, 0.3) is 0 Å². The number of nitrogens with zero attached hydrogens (tertiary/aromatic N) is 2. The van der Waals surface area contributed by atoms with Crippen molar-refractivity contribution in [2.45, 2.75) is 24.8 Å². The summed E-state index contributed by atoms with van der Waals surface area (Å²) in [5.41, 5.74) is 0.577. The number of ether oxygens (including phenoxy) is 2. The largest absolute Gasteiger partial charge is 0.381 e. The minimum atomic E-state index is -0.490. The van der Waals surface area contributed by atoms with Crippen LogP contribution < -0.4 is 5.32 Å². The van der Waals surface area contributed by atoms with Crippen LogP contribution in [0.2, 0.25) is 0 Å². The first-order valence-corrected chi connectivity index (χ1v) is 8.76. The first-order chi connectivity index (χ1) is 12.3. The number of carbonyl (C=O) groups is 1. The van der Waals surface area contributed by atoms with Crippen molar-refractivity contribution < 1.29 is 14.3 Å². The number of amides is 1. The Balaban J connectivity index is 1.48. The van der Waals surface area contributed by atoms with Crippen molar-refractivity contribution in [3.63, 3.8) is 0 Å². The third kappa shape index (κ3) is 4.46.